The monoisotopic (exact) mass is 474 g/mol. The third-order valence-corrected chi connectivity index (χ3v) is 9.10. The Kier molecular flexibility index (Phi) is 8.19. The smallest absolute Gasteiger partial charge is 0.462 e. The molecule has 14 heteroatoms. The molecule has 0 amide bonds. The molecule has 1 atom stereocenters. The van der Waals surface area contributed by atoms with Crippen LogP contribution in [-0.2, 0) is 29.2 Å². The van der Waals surface area contributed by atoms with Gasteiger partial charge in [-0.2, -0.15) is 26.3 Å². The van der Waals surface area contributed by atoms with Crippen molar-refractivity contribution in [3.05, 3.63) is 12.7 Å². The summed E-state index contributed by atoms with van der Waals surface area (Å²) in [5.74, 6) is -1.76. The van der Waals surface area contributed by atoms with Crippen molar-refractivity contribution in [2.24, 2.45) is 5.92 Å². The minimum absolute atomic E-state index is 0.0986. The number of hydrogen-bond acceptors (Lipinski definition) is 6. The van der Waals surface area contributed by atoms with E-state index in [9.17, 15) is 48.0 Å². The van der Waals surface area contributed by atoms with Gasteiger partial charge in [0, 0.05) is 12.8 Å². The van der Waals surface area contributed by atoms with Crippen molar-refractivity contribution < 1.29 is 52.7 Å². The maximum Gasteiger partial charge on any atom is 0.498 e. The number of halogens is 6. The van der Waals surface area contributed by atoms with Gasteiger partial charge in [-0.3, -0.25) is 4.79 Å². The second-order valence-corrected chi connectivity index (χ2v) is 11.1. The minimum atomic E-state index is -6.77. The molecule has 1 fully saturated rings. The highest BCUT2D eigenvalue weighted by molar-refractivity contribution is 8.09. The Bertz CT molecular complexity index is 750. The molecule has 170 valence electrons. The average molecular weight is 474 g/mol. The average Bonchev–Trinajstić information content (AvgIpc) is 3.08. The molecule has 0 N–H and O–H groups in total. The van der Waals surface area contributed by atoms with Crippen molar-refractivity contribution in [2.75, 3.05) is 0 Å². The fraction of sp³-hybridized carbons (Fsp3) is 0.800. The molecule has 0 saturated heterocycles. The van der Waals surface area contributed by atoms with Gasteiger partial charge in [0.1, 0.15) is 6.10 Å². The van der Waals surface area contributed by atoms with Crippen molar-refractivity contribution in [2.45, 2.75) is 66.6 Å². The molecule has 1 aliphatic carbocycles. The Morgan fingerprint density at radius 1 is 1.00 bits per heavy atom. The van der Waals surface area contributed by atoms with Gasteiger partial charge in [-0.25, -0.2) is 16.8 Å². The number of hydrogen-bond donors (Lipinski definition) is 0. The first-order valence-electron chi connectivity index (χ1n) is 8.46. The summed E-state index contributed by atoms with van der Waals surface area (Å²) in [7, 11) is -13.5. The van der Waals surface area contributed by atoms with E-state index in [0.29, 0.717) is 12.8 Å². The lowest BCUT2D eigenvalue weighted by molar-refractivity contribution is -0.152. The molecule has 0 aliphatic heterocycles. The summed E-state index contributed by atoms with van der Waals surface area (Å²) >= 11 is 0. The van der Waals surface area contributed by atoms with Gasteiger partial charge in [-0.1, -0.05) is 18.9 Å². The molecule has 0 spiro atoms. The maximum atomic E-state index is 12.9. The van der Waals surface area contributed by atoms with Gasteiger partial charge in [0.2, 0.25) is 0 Å². The van der Waals surface area contributed by atoms with Crippen LogP contribution in [0.25, 0.3) is 0 Å². The highest BCUT2D eigenvalue weighted by atomic mass is 32.3. The van der Waals surface area contributed by atoms with Crippen molar-refractivity contribution in [1.29, 1.82) is 0 Å². The van der Waals surface area contributed by atoms with Crippen LogP contribution in [0.1, 0.15) is 44.9 Å². The summed E-state index contributed by atoms with van der Waals surface area (Å²) in [6.45, 7) is 3.34. The van der Waals surface area contributed by atoms with Gasteiger partial charge in [-0.05, 0) is 25.2 Å². The highest BCUT2D eigenvalue weighted by Crippen LogP contribution is 2.41. The molecule has 0 bridgehead atoms. The van der Waals surface area contributed by atoms with Gasteiger partial charge in [-0.15, -0.1) is 6.58 Å². The van der Waals surface area contributed by atoms with E-state index in [-0.39, 0.29) is 25.7 Å². The minimum Gasteiger partial charge on any atom is -0.462 e. The first-order valence-corrected chi connectivity index (χ1v) is 11.6. The van der Waals surface area contributed by atoms with Gasteiger partial charge < -0.3 is 4.74 Å². The van der Waals surface area contributed by atoms with Crippen LogP contribution in [0.15, 0.2) is 12.7 Å². The molecule has 6 nitrogen and oxygen atoms in total. The molecule has 1 saturated carbocycles. The zero-order chi connectivity index (χ0) is 22.7. The second-order valence-electron chi connectivity index (χ2n) is 6.55. The highest BCUT2D eigenvalue weighted by Gasteiger charge is 2.63. The molecular formula is C15H20F6O6S2. The molecule has 1 unspecified atom stereocenters. The van der Waals surface area contributed by atoms with E-state index < -0.39 is 59.7 Å². The number of esters is 1. The third kappa shape index (κ3) is 6.09. The normalized spacial score (nSPS) is 18.0. The van der Waals surface area contributed by atoms with Crippen LogP contribution in [0.5, 0.6) is 0 Å². The molecule has 0 heterocycles. The van der Waals surface area contributed by atoms with E-state index >= 15 is 0 Å². The summed E-state index contributed by atoms with van der Waals surface area (Å²) in [6, 6.07) is 0. The van der Waals surface area contributed by atoms with Gasteiger partial charge in [0.25, 0.3) is 19.7 Å². The number of alkyl halides is 6. The second kappa shape index (κ2) is 9.23. The lowest BCUT2D eigenvalue weighted by Gasteiger charge is -2.28. The zero-order valence-corrected chi connectivity index (χ0v) is 16.6. The number of carbonyl (C=O) groups is 1. The Balaban J connectivity index is 3.37. The van der Waals surface area contributed by atoms with E-state index in [1.54, 1.807) is 0 Å². The van der Waals surface area contributed by atoms with E-state index in [1.165, 1.54) is 6.08 Å². The van der Waals surface area contributed by atoms with Crippen LogP contribution >= 0.6 is 0 Å². The Labute approximate surface area is 164 Å². The summed E-state index contributed by atoms with van der Waals surface area (Å²) in [4.78, 5) is 11.8. The molecule has 0 aromatic heterocycles. The first kappa shape index (κ1) is 25.7. The standard InChI is InChI=1S/C15H20F6O6S2/c1-2-3-8-12(22)27-11(10-6-4-5-7-10)9-13(28(23,24)14(16,17)18)29(25,26)15(19,20)21/h2,10-11,13H,1,3-9H2. The summed E-state index contributed by atoms with van der Waals surface area (Å²) in [6.07, 6.45) is -0.743. The van der Waals surface area contributed by atoms with Crippen molar-refractivity contribution in [3.8, 4) is 0 Å². The van der Waals surface area contributed by atoms with Gasteiger partial charge in [0.05, 0.1) is 0 Å². The topological polar surface area (TPSA) is 94.6 Å². The van der Waals surface area contributed by atoms with Crippen LogP contribution < -0.4 is 0 Å². The molecule has 29 heavy (non-hydrogen) atoms. The molecule has 0 aromatic rings. The van der Waals surface area contributed by atoms with E-state index in [2.05, 4.69) is 6.58 Å². The van der Waals surface area contributed by atoms with Gasteiger partial charge >= 0.3 is 17.0 Å². The molecular weight excluding hydrogens is 454 g/mol. The van der Waals surface area contributed by atoms with Crippen LogP contribution in [0.2, 0.25) is 0 Å². The third-order valence-electron chi connectivity index (χ3n) is 4.52. The molecule has 0 radical (unpaired) electrons. The number of carbonyl (C=O) groups excluding carboxylic acids is 1. The quantitative estimate of drug-likeness (QED) is 0.288. The van der Waals surface area contributed by atoms with Crippen molar-refractivity contribution in [3.63, 3.8) is 0 Å². The summed E-state index contributed by atoms with van der Waals surface area (Å²) in [5, 5.41) is 0. The Morgan fingerprint density at radius 2 is 1.45 bits per heavy atom. The maximum absolute atomic E-state index is 12.9. The number of rotatable bonds is 9. The fourth-order valence-corrected chi connectivity index (χ4v) is 6.49. The first-order chi connectivity index (χ1) is 13.1. The Hall–Kier alpha value is -1.31. The van der Waals surface area contributed by atoms with E-state index in [4.69, 9.17) is 4.74 Å². The summed E-state index contributed by atoms with van der Waals surface area (Å²) < 4.78 is 125. The van der Waals surface area contributed by atoms with Crippen LogP contribution in [-0.4, -0.2) is 44.5 Å². The predicted octanol–water partition coefficient (Wildman–Crippen LogP) is 3.64. The molecule has 1 rings (SSSR count). The number of sulfone groups is 2. The molecule has 0 aromatic carbocycles. The summed E-state index contributed by atoms with van der Waals surface area (Å²) in [5.41, 5.74) is -12.5. The SMILES string of the molecule is C=CCCC(=O)OC(CC(S(=O)(=O)C(F)(F)F)S(=O)(=O)C(F)(F)F)C1CCCC1. The van der Waals surface area contributed by atoms with E-state index in [0.717, 1.165) is 0 Å². The number of ether oxygens (including phenoxy) is 1. The Morgan fingerprint density at radius 3 is 1.83 bits per heavy atom. The van der Waals surface area contributed by atoms with Crippen LogP contribution in [0.3, 0.4) is 0 Å². The number of allylic oxidation sites excluding steroid dienone is 1. The lowest BCUT2D eigenvalue weighted by atomic mass is 9.98. The van der Waals surface area contributed by atoms with Crippen LogP contribution in [0.4, 0.5) is 26.3 Å². The predicted molar refractivity (Wildman–Crippen MR) is 89.6 cm³/mol. The largest absolute Gasteiger partial charge is 0.498 e. The lowest BCUT2D eigenvalue weighted by Crippen LogP contribution is -2.47. The van der Waals surface area contributed by atoms with Gasteiger partial charge in [0.15, 0.2) is 4.58 Å². The zero-order valence-electron chi connectivity index (χ0n) is 15.0. The van der Waals surface area contributed by atoms with Crippen molar-refractivity contribution >= 4 is 25.6 Å². The van der Waals surface area contributed by atoms with Crippen molar-refractivity contribution in [1.82, 2.24) is 0 Å². The molecule has 1 aliphatic rings. The van der Waals surface area contributed by atoms with E-state index in [1.807, 2.05) is 0 Å². The fourth-order valence-electron chi connectivity index (χ4n) is 3.02. The van der Waals surface area contributed by atoms with Crippen LogP contribution in [0, 0.1) is 5.92 Å².